The van der Waals surface area contributed by atoms with Crippen molar-refractivity contribution in [3.63, 3.8) is 0 Å². The summed E-state index contributed by atoms with van der Waals surface area (Å²) in [5.41, 5.74) is 0. The molecule has 0 aliphatic heterocycles. The maximum atomic E-state index is 10.8. The molecule has 0 heterocycles. The molecule has 0 aromatic rings. The van der Waals surface area contributed by atoms with Gasteiger partial charge in [0, 0.05) is 16.5 Å². The largest absolute Gasteiger partial charge is 0.322 e. The van der Waals surface area contributed by atoms with Crippen molar-refractivity contribution in [2.75, 3.05) is 12.4 Å². The lowest BCUT2D eigenvalue weighted by atomic mass is 10.7. The molecule has 5 heteroatoms. The average molecular weight is 194 g/mol. The van der Waals surface area contributed by atoms with Gasteiger partial charge >= 0.3 is 9.15 Å². The average Bonchev–Trinajstić information content (AvgIpc) is 1.97. The first-order valence-corrected chi connectivity index (χ1v) is 5.79. The molecular formula is C6H10O3S2. The van der Waals surface area contributed by atoms with E-state index < -0.39 is 9.15 Å². The molecule has 0 spiro atoms. The molecule has 3 nitrogen and oxygen atoms in total. The SMILES string of the molecule is C=CCOS(=O)(=O)SCC=C. The van der Waals surface area contributed by atoms with Crippen molar-refractivity contribution in [2.45, 2.75) is 0 Å². The molecule has 0 rings (SSSR count). The van der Waals surface area contributed by atoms with Crippen LogP contribution in [0.15, 0.2) is 25.3 Å². The molecule has 0 N–H and O–H groups in total. The van der Waals surface area contributed by atoms with Gasteiger partial charge in [0.1, 0.15) is 0 Å². The Labute approximate surface area is 70.7 Å². The van der Waals surface area contributed by atoms with E-state index in [1.165, 1.54) is 12.2 Å². The maximum Gasteiger partial charge on any atom is 0.322 e. The van der Waals surface area contributed by atoms with E-state index in [0.29, 0.717) is 16.5 Å². The van der Waals surface area contributed by atoms with E-state index in [1.807, 2.05) is 0 Å². The van der Waals surface area contributed by atoms with E-state index in [2.05, 4.69) is 17.3 Å². The maximum absolute atomic E-state index is 10.8. The van der Waals surface area contributed by atoms with Crippen molar-refractivity contribution in [3.8, 4) is 0 Å². The molecule has 0 aliphatic rings. The minimum atomic E-state index is -3.43. The van der Waals surface area contributed by atoms with Gasteiger partial charge < -0.3 is 0 Å². The Hall–Kier alpha value is -0.260. The molecule has 0 saturated heterocycles. The van der Waals surface area contributed by atoms with Gasteiger partial charge in [0.05, 0.1) is 6.61 Å². The first-order chi connectivity index (χ1) is 5.12. The van der Waals surface area contributed by atoms with Crippen LogP contribution in [0.4, 0.5) is 0 Å². The lowest BCUT2D eigenvalue weighted by Crippen LogP contribution is -2.00. The molecule has 0 aromatic carbocycles. The van der Waals surface area contributed by atoms with Crippen LogP contribution in [0.5, 0.6) is 0 Å². The Morgan fingerprint density at radius 3 is 2.45 bits per heavy atom. The highest BCUT2D eigenvalue weighted by atomic mass is 33.1. The van der Waals surface area contributed by atoms with Gasteiger partial charge in [-0.25, -0.2) is 0 Å². The van der Waals surface area contributed by atoms with Crippen LogP contribution in [-0.4, -0.2) is 20.8 Å². The summed E-state index contributed by atoms with van der Waals surface area (Å²) in [4.78, 5) is 0. The third-order valence-corrected chi connectivity index (χ3v) is 3.31. The smallest absolute Gasteiger partial charge is 0.258 e. The molecule has 0 fully saturated rings. The van der Waals surface area contributed by atoms with E-state index >= 15 is 0 Å². The van der Waals surface area contributed by atoms with E-state index in [1.54, 1.807) is 0 Å². The number of rotatable bonds is 6. The highest BCUT2D eigenvalue weighted by Gasteiger charge is 2.08. The van der Waals surface area contributed by atoms with E-state index in [4.69, 9.17) is 0 Å². The minimum absolute atomic E-state index is 0.0203. The highest BCUT2D eigenvalue weighted by Crippen LogP contribution is 2.13. The van der Waals surface area contributed by atoms with Crippen LogP contribution in [0.3, 0.4) is 0 Å². The fourth-order valence-electron chi connectivity index (χ4n) is 0.297. The zero-order chi connectivity index (χ0) is 8.74. The second kappa shape index (κ2) is 5.40. The standard InChI is InChI=1S/C6H10O3S2/c1-3-5-9-11(7,8)10-6-4-2/h3-4H,1-2,5-6H2. The van der Waals surface area contributed by atoms with Gasteiger partial charge in [-0.05, 0) is 0 Å². The zero-order valence-corrected chi connectivity index (χ0v) is 7.66. The topological polar surface area (TPSA) is 43.4 Å². The number of hydrogen-bond donors (Lipinski definition) is 0. The van der Waals surface area contributed by atoms with Crippen LogP contribution in [0, 0.1) is 0 Å². The van der Waals surface area contributed by atoms with Gasteiger partial charge in [-0.15, -0.1) is 13.2 Å². The summed E-state index contributed by atoms with van der Waals surface area (Å²) in [5, 5.41) is 0. The minimum Gasteiger partial charge on any atom is -0.258 e. The molecule has 0 atom stereocenters. The summed E-state index contributed by atoms with van der Waals surface area (Å²) in [7, 11) is -2.73. The van der Waals surface area contributed by atoms with E-state index in [0.717, 1.165) is 0 Å². The van der Waals surface area contributed by atoms with Gasteiger partial charge in [-0.1, -0.05) is 12.2 Å². The lowest BCUT2D eigenvalue weighted by Gasteiger charge is -1.98. The lowest BCUT2D eigenvalue weighted by molar-refractivity contribution is 0.371. The molecule has 0 aromatic heterocycles. The fraction of sp³-hybridized carbons (Fsp3) is 0.333. The van der Waals surface area contributed by atoms with Crippen LogP contribution in [0.25, 0.3) is 0 Å². The van der Waals surface area contributed by atoms with Crippen molar-refractivity contribution in [2.24, 2.45) is 0 Å². The first kappa shape index (κ1) is 10.7. The van der Waals surface area contributed by atoms with Crippen LogP contribution in [-0.2, 0) is 13.3 Å². The monoisotopic (exact) mass is 194 g/mol. The van der Waals surface area contributed by atoms with Crippen LogP contribution in [0.1, 0.15) is 0 Å². The normalized spacial score (nSPS) is 10.9. The second-order valence-electron chi connectivity index (χ2n) is 1.55. The van der Waals surface area contributed by atoms with Crippen LogP contribution >= 0.6 is 10.8 Å². The van der Waals surface area contributed by atoms with Crippen molar-refractivity contribution in [1.82, 2.24) is 0 Å². The van der Waals surface area contributed by atoms with Crippen molar-refractivity contribution in [1.29, 1.82) is 0 Å². The number of hydrogen-bond acceptors (Lipinski definition) is 4. The summed E-state index contributed by atoms with van der Waals surface area (Å²) < 4.78 is 26.0. The predicted octanol–water partition coefficient (Wildman–Crippen LogP) is 1.35. The summed E-state index contributed by atoms with van der Waals surface area (Å²) in [6.45, 7) is 6.73. The summed E-state index contributed by atoms with van der Waals surface area (Å²) in [6, 6.07) is 0. The summed E-state index contributed by atoms with van der Waals surface area (Å²) in [5.74, 6) is 0.333. The third-order valence-electron chi connectivity index (χ3n) is 0.660. The van der Waals surface area contributed by atoms with Gasteiger partial charge in [0.15, 0.2) is 0 Å². The molecule has 64 valence electrons. The highest BCUT2D eigenvalue weighted by molar-refractivity contribution is 8.70. The van der Waals surface area contributed by atoms with E-state index in [-0.39, 0.29) is 6.61 Å². The quantitative estimate of drug-likeness (QED) is 0.473. The zero-order valence-electron chi connectivity index (χ0n) is 6.02. The third kappa shape index (κ3) is 6.15. The summed E-state index contributed by atoms with van der Waals surface area (Å²) >= 11 is 0. The Balaban J connectivity index is 3.80. The van der Waals surface area contributed by atoms with Crippen LogP contribution < -0.4 is 0 Å². The summed E-state index contributed by atoms with van der Waals surface area (Å²) in [6.07, 6.45) is 2.88. The van der Waals surface area contributed by atoms with Crippen molar-refractivity contribution >= 4 is 19.9 Å². The molecular weight excluding hydrogens is 184 g/mol. The Kier molecular flexibility index (Phi) is 5.27. The van der Waals surface area contributed by atoms with Gasteiger partial charge in [-0.3, -0.25) is 4.18 Å². The molecule has 0 amide bonds. The molecule has 0 saturated carbocycles. The Morgan fingerprint density at radius 2 is 2.00 bits per heavy atom. The van der Waals surface area contributed by atoms with Crippen molar-refractivity contribution < 1.29 is 12.6 Å². The molecule has 0 radical (unpaired) electrons. The second-order valence-corrected chi connectivity index (χ2v) is 5.11. The van der Waals surface area contributed by atoms with Crippen molar-refractivity contribution in [3.05, 3.63) is 25.3 Å². The molecule has 11 heavy (non-hydrogen) atoms. The van der Waals surface area contributed by atoms with Crippen LogP contribution in [0.2, 0.25) is 0 Å². The molecule has 0 unspecified atom stereocenters. The van der Waals surface area contributed by atoms with E-state index in [9.17, 15) is 8.42 Å². The van der Waals surface area contributed by atoms with Gasteiger partial charge in [-0.2, -0.15) is 8.42 Å². The Morgan fingerprint density at radius 1 is 1.36 bits per heavy atom. The molecule has 0 bridgehead atoms. The van der Waals surface area contributed by atoms with Gasteiger partial charge in [0.2, 0.25) is 0 Å². The predicted molar refractivity (Wildman–Crippen MR) is 47.7 cm³/mol. The first-order valence-electron chi connectivity index (χ1n) is 2.88. The molecule has 0 aliphatic carbocycles. The van der Waals surface area contributed by atoms with Gasteiger partial charge in [0.25, 0.3) is 0 Å². The Bertz CT molecular complexity index is 200. The fourth-order valence-corrected chi connectivity index (χ4v) is 2.05.